The number of benzene rings is 2. The fraction of sp³-hybridized carbons (Fsp3) is 0.280. The van der Waals surface area contributed by atoms with Crippen molar-refractivity contribution in [3.8, 4) is 0 Å². The molecule has 2 aromatic carbocycles. The average Bonchev–Trinajstić information content (AvgIpc) is 3.38. The second-order valence-corrected chi connectivity index (χ2v) is 8.43. The van der Waals surface area contributed by atoms with Gasteiger partial charge in [-0.1, -0.05) is 30.3 Å². The number of hydrogen-bond donors (Lipinski definition) is 1. The molecule has 0 spiro atoms. The highest BCUT2D eigenvalue weighted by Crippen LogP contribution is 2.24. The maximum atomic E-state index is 12.8. The van der Waals surface area contributed by atoms with Crippen LogP contribution in [-0.2, 0) is 4.79 Å². The van der Waals surface area contributed by atoms with Crippen LogP contribution in [0, 0.1) is 5.92 Å². The molecule has 1 aromatic heterocycles. The molecule has 0 bridgehead atoms. The number of nitrogens with one attached hydrogen (secondary N) is 1. The molecule has 2 aliphatic rings. The summed E-state index contributed by atoms with van der Waals surface area (Å²) in [6, 6.07) is 15.9. The van der Waals surface area contributed by atoms with Gasteiger partial charge in [0.05, 0.1) is 11.1 Å². The summed E-state index contributed by atoms with van der Waals surface area (Å²) in [5, 5.41) is 3.73. The van der Waals surface area contributed by atoms with Gasteiger partial charge < -0.3 is 14.6 Å². The first-order chi connectivity index (χ1) is 16.0. The molecular formula is C25H23N3O5. The minimum Gasteiger partial charge on any atom is -0.451 e. The minimum atomic E-state index is -0.442. The number of piperidine rings is 1. The Morgan fingerprint density at radius 3 is 2.24 bits per heavy atom. The molecule has 1 N–H and O–H groups in total. The zero-order chi connectivity index (χ0) is 22.9. The maximum absolute atomic E-state index is 12.8. The van der Waals surface area contributed by atoms with Crippen LogP contribution in [0.4, 0.5) is 0 Å². The first-order valence-corrected chi connectivity index (χ1v) is 11.0. The van der Waals surface area contributed by atoms with Gasteiger partial charge in [0.1, 0.15) is 12.1 Å². The fourth-order valence-corrected chi connectivity index (χ4v) is 4.42. The van der Waals surface area contributed by atoms with Crippen molar-refractivity contribution in [2.75, 3.05) is 26.2 Å². The summed E-state index contributed by atoms with van der Waals surface area (Å²) in [6.07, 6.45) is 1.50. The summed E-state index contributed by atoms with van der Waals surface area (Å²) in [5.74, 6) is -0.823. The number of likely N-dealkylation sites (tertiary alicyclic amines) is 1. The second-order valence-electron chi connectivity index (χ2n) is 8.43. The third-order valence-corrected chi connectivity index (χ3v) is 6.31. The van der Waals surface area contributed by atoms with Gasteiger partial charge >= 0.3 is 0 Å². The summed E-state index contributed by atoms with van der Waals surface area (Å²) in [4.78, 5) is 52.7. The maximum Gasteiger partial charge on any atom is 0.289 e. The number of para-hydroxylation sites is 1. The summed E-state index contributed by atoms with van der Waals surface area (Å²) in [5.41, 5.74) is 1.35. The molecule has 1 fully saturated rings. The van der Waals surface area contributed by atoms with E-state index >= 15 is 0 Å². The van der Waals surface area contributed by atoms with Gasteiger partial charge in [0.25, 0.3) is 17.7 Å². The van der Waals surface area contributed by atoms with Crippen molar-refractivity contribution in [2.24, 2.45) is 5.92 Å². The summed E-state index contributed by atoms with van der Waals surface area (Å²) >= 11 is 0. The summed E-state index contributed by atoms with van der Waals surface area (Å²) < 4.78 is 5.68. The van der Waals surface area contributed by atoms with Gasteiger partial charge in [0, 0.05) is 25.0 Å². The van der Waals surface area contributed by atoms with Crippen LogP contribution in [0.2, 0.25) is 0 Å². The molecular weight excluding hydrogens is 422 g/mol. The van der Waals surface area contributed by atoms with Gasteiger partial charge in [-0.15, -0.1) is 0 Å². The Morgan fingerprint density at radius 2 is 1.58 bits per heavy atom. The largest absolute Gasteiger partial charge is 0.451 e. The normalized spacial score (nSPS) is 16.4. The molecule has 0 unspecified atom stereocenters. The van der Waals surface area contributed by atoms with E-state index in [1.807, 2.05) is 24.3 Å². The molecule has 4 amide bonds. The van der Waals surface area contributed by atoms with Crippen LogP contribution in [0.25, 0.3) is 11.0 Å². The Bertz CT molecular complexity index is 1190. The van der Waals surface area contributed by atoms with Gasteiger partial charge in [-0.05, 0) is 43.0 Å². The number of furan rings is 1. The third-order valence-electron chi connectivity index (χ3n) is 6.31. The average molecular weight is 445 g/mol. The van der Waals surface area contributed by atoms with E-state index < -0.39 is 11.8 Å². The quantitative estimate of drug-likeness (QED) is 0.609. The zero-order valence-electron chi connectivity index (χ0n) is 18.0. The van der Waals surface area contributed by atoms with Gasteiger partial charge in [0.15, 0.2) is 5.76 Å². The monoisotopic (exact) mass is 445 g/mol. The van der Waals surface area contributed by atoms with Crippen LogP contribution in [0.3, 0.4) is 0 Å². The van der Waals surface area contributed by atoms with Crippen molar-refractivity contribution >= 4 is 34.6 Å². The predicted molar refractivity (Wildman–Crippen MR) is 120 cm³/mol. The van der Waals surface area contributed by atoms with Crippen LogP contribution in [0.15, 0.2) is 59.0 Å². The molecule has 8 heteroatoms. The van der Waals surface area contributed by atoms with Crippen LogP contribution >= 0.6 is 0 Å². The van der Waals surface area contributed by atoms with Crippen LogP contribution in [0.5, 0.6) is 0 Å². The van der Waals surface area contributed by atoms with E-state index in [1.54, 1.807) is 35.2 Å². The SMILES string of the molecule is O=C(CN1C(=O)c2ccccc2C1=O)NCC1CCN(C(=O)c2cc3ccccc3o2)CC1. The smallest absolute Gasteiger partial charge is 0.289 e. The molecule has 0 radical (unpaired) electrons. The Morgan fingerprint density at radius 1 is 0.939 bits per heavy atom. The molecule has 8 nitrogen and oxygen atoms in total. The van der Waals surface area contributed by atoms with E-state index in [-0.39, 0.29) is 24.3 Å². The molecule has 3 heterocycles. The van der Waals surface area contributed by atoms with E-state index in [9.17, 15) is 19.2 Å². The topological polar surface area (TPSA) is 99.9 Å². The Labute approximate surface area is 190 Å². The van der Waals surface area contributed by atoms with Crippen molar-refractivity contribution in [3.63, 3.8) is 0 Å². The number of imide groups is 1. The van der Waals surface area contributed by atoms with Gasteiger partial charge in [-0.2, -0.15) is 0 Å². The molecule has 5 rings (SSSR count). The number of hydrogen-bond acceptors (Lipinski definition) is 5. The first-order valence-electron chi connectivity index (χ1n) is 11.0. The number of carbonyl (C=O) groups is 4. The van der Waals surface area contributed by atoms with E-state index in [0.717, 1.165) is 23.1 Å². The van der Waals surface area contributed by atoms with Crippen molar-refractivity contribution in [1.82, 2.24) is 15.1 Å². The van der Waals surface area contributed by atoms with E-state index in [0.29, 0.717) is 42.1 Å². The molecule has 0 aliphatic carbocycles. The minimum absolute atomic E-state index is 0.126. The Balaban J connectivity index is 1.10. The molecule has 1 saturated heterocycles. The lowest BCUT2D eigenvalue weighted by Gasteiger charge is -2.31. The standard InChI is InChI=1S/C25H23N3O5/c29-22(15-28-23(30)18-6-2-3-7-19(18)24(28)31)26-14-16-9-11-27(12-10-16)25(32)21-13-17-5-1-4-8-20(17)33-21/h1-8,13,16H,9-12,14-15H2,(H,26,29). The number of carbonyl (C=O) groups excluding carboxylic acids is 4. The van der Waals surface area contributed by atoms with Gasteiger partial charge in [-0.3, -0.25) is 24.1 Å². The first kappa shape index (κ1) is 20.9. The lowest BCUT2D eigenvalue weighted by Crippen LogP contribution is -2.44. The number of fused-ring (bicyclic) bond motifs is 2. The number of nitrogens with zero attached hydrogens (tertiary/aromatic N) is 2. The summed E-state index contributed by atoms with van der Waals surface area (Å²) in [7, 11) is 0. The van der Waals surface area contributed by atoms with Crippen molar-refractivity contribution < 1.29 is 23.6 Å². The molecule has 0 atom stereocenters. The second kappa shape index (κ2) is 8.54. The molecule has 2 aliphatic heterocycles. The van der Waals surface area contributed by atoms with E-state index in [1.165, 1.54) is 0 Å². The van der Waals surface area contributed by atoms with E-state index in [2.05, 4.69) is 5.32 Å². The highest BCUT2D eigenvalue weighted by molar-refractivity contribution is 6.22. The van der Waals surface area contributed by atoms with Crippen LogP contribution in [-0.4, -0.2) is 59.6 Å². The lowest BCUT2D eigenvalue weighted by molar-refractivity contribution is -0.121. The Kier molecular flexibility index (Phi) is 5.42. The van der Waals surface area contributed by atoms with Gasteiger partial charge in [0.2, 0.25) is 5.91 Å². The predicted octanol–water partition coefficient (Wildman–Crippen LogP) is 2.70. The fourth-order valence-electron chi connectivity index (χ4n) is 4.42. The van der Waals surface area contributed by atoms with Crippen LogP contribution < -0.4 is 5.32 Å². The molecule has 168 valence electrons. The zero-order valence-corrected chi connectivity index (χ0v) is 18.0. The highest BCUT2D eigenvalue weighted by atomic mass is 16.3. The van der Waals surface area contributed by atoms with Crippen molar-refractivity contribution in [3.05, 3.63) is 71.5 Å². The molecule has 3 aromatic rings. The highest BCUT2D eigenvalue weighted by Gasteiger charge is 2.36. The van der Waals surface area contributed by atoms with Crippen LogP contribution in [0.1, 0.15) is 44.1 Å². The molecule has 33 heavy (non-hydrogen) atoms. The Hall–Kier alpha value is -3.94. The van der Waals surface area contributed by atoms with E-state index in [4.69, 9.17) is 4.42 Å². The number of rotatable bonds is 5. The van der Waals surface area contributed by atoms with Crippen molar-refractivity contribution in [2.45, 2.75) is 12.8 Å². The lowest BCUT2D eigenvalue weighted by atomic mass is 9.96. The van der Waals surface area contributed by atoms with Crippen molar-refractivity contribution in [1.29, 1.82) is 0 Å². The molecule has 0 saturated carbocycles. The van der Waals surface area contributed by atoms with Gasteiger partial charge in [-0.25, -0.2) is 0 Å². The third kappa shape index (κ3) is 4.00. The summed E-state index contributed by atoms with van der Waals surface area (Å²) in [6.45, 7) is 1.30. The number of amides is 4.